The molecule has 1 rings (SSSR count). The van der Waals surface area contributed by atoms with Crippen LogP contribution in [-0.2, 0) is 9.53 Å². The molecule has 0 aromatic carbocycles. The highest BCUT2D eigenvalue weighted by Crippen LogP contribution is 2.06. The van der Waals surface area contributed by atoms with Gasteiger partial charge in [-0.15, -0.1) is 0 Å². The van der Waals surface area contributed by atoms with Crippen LogP contribution in [0.1, 0.15) is 34.6 Å². The highest BCUT2D eigenvalue weighted by molar-refractivity contribution is 5.80. The maximum absolute atomic E-state index is 11.6. The van der Waals surface area contributed by atoms with Gasteiger partial charge >= 0.3 is 6.09 Å². The van der Waals surface area contributed by atoms with Crippen LogP contribution in [0.15, 0.2) is 4.99 Å². The number of piperazine rings is 1. The molecule has 24 heavy (non-hydrogen) atoms. The van der Waals surface area contributed by atoms with Gasteiger partial charge in [-0.25, -0.2) is 4.79 Å². The average Bonchev–Trinajstić information content (AvgIpc) is 2.48. The second kappa shape index (κ2) is 9.34. The highest BCUT2D eigenvalue weighted by atomic mass is 16.6. The van der Waals surface area contributed by atoms with E-state index in [1.165, 1.54) is 0 Å². The molecular weight excluding hydrogens is 310 g/mol. The van der Waals surface area contributed by atoms with E-state index < -0.39 is 11.7 Å². The van der Waals surface area contributed by atoms with Gasteiger partial charge in [0.05, 0.1) is 6.54 Å². The summed E-state index contributed by atoms with van der Waals surface area (Å²) in [5.74, 6) is 0.921. The fourth-order valence-electron chi connectivity index (χ4n) is 2.29. The van der Waals surface area contributed by atoms with Gasteiger partial charge in [0.25, 0.3) is 0 Å². The fourth-order valence-corrected chi connectivity index (χ4v) is 2.29. The Morgan fingerprint density at radius 3 is 2.17 bits per heavy atom. The summed E-state index contributed by atoms with van der Waals surface area (Å²) in [5, 5.41) is 5.95. The van der Waals surface area contributed by atoms with E-state index in [1.807, 2.05) is 32.6 Å². The second-order valence-electron chi connectivity index (χ2n) is 6.66. The maximum Gasteiger partial charge on any atom is 0.407 e. The lowest BCUT2D eigenvalue weighted by molar-refractivity contribution is -0.130. The minimum absolute atomic E-state index is 0.109. The van der Waals surface area contributed by atoms with Crippen molar-refractivity contribution in [2.24, 2.45) is 4.99 Å². The molecular formula is C16H31N5O3. The minimum atomic E-state index is -0.501. The van der Waals surface area contributed by atoms with Crippen molar-refractivity contribution >= 4 is 18.0 Å². The van der Waals surface area contributed by atoms with Crippen molar-refractivity contribution in [3.63, 3.8) is 0 Å². The molecule has 1 fully saturated rings. The Hall–Kier alpha value is -1.99. The smallest absolute Gasteiger partial charge is 0.407 e. The number of aliphatic imine (C=N–C) groups is 1. The molecule has 0 radical (unpaired) electrons. The van der Waals surface area contributed by atoms with Crippen LogP contribution >= 0.6 is 0 Å². The van der Waals surface area contributed by atoms with Gasteiger partial charge in [-0.2, -0.15) is 0 Å². The quantitative estimate of drug-likeness (QED) is 0.445. The van der Waals surface area contributed by atoms with Crippen LogP contribution in [0, 0.1) is 0 Å². The molecule has 1 aliphatic heterocycles. The van der Waals surface area contributed by atoms with Crippen LogP contribution in [0.5, 0.6) is 0 Å². The SMILES string of the molecule is CCNC(=NCCNC(=O)OC(C)(C)C)N1CCN(C(C)=O)CC1. The molecule has 1 aliphatic rings. The number of alkyl carbamates (subject to hydrolysis) is 1. The summed E-state index contributed by atoms with van der Waals surface area (Å²) in [6.07, 6.45) is -0.433. The zero-order valence-electron chi connectivity index (χ0n) is 15.5. The molecule has 8 nitrogen and oxygen atoms in total. The molecule has 2 N–H and O–H groups in total. The molecule has 0 saturated carbocycles. The number of ether oxygens (including phenoxy) is 1. The molecule has 0 aliphatic carbocycles. The Balaban J connectivity index is 2.43. The Morgan fingerprint density at radius 2 is 1.67 bits per heavy atom. The molecule has 0 unspecified atom stereocenters. The monoisotopic (exact) mass is 341 g/mol. The molecule has 138 valence electrons. The first kappa shape index (κ1) is 20.1. The number of hydrogen-bond acceptors (Lipinski definition) is 4. The third-order valence-corrected chi connectivity index (χ3v) is 3.40. The number of nitrogens with one attached hydrogen (secondary N) is 2. The number of hydrogen-bond donors (Lipinski definition) is 2. The van der Waals surface area contributed by atoms with Crippen LogP contribution < -0.4 is 10.6 Å². The van der Waals surface area contributed by atoms with E-state index in [-0.39, 0.29) is 5.91 Å². The summed E-state index contributed by atoms with van der Waals surface area (Å²) in [4.78, 5) is 31.5. The number of carbonyl (C=O) groups is 2. The molecule has 2 amide bonds. The largest absolute Gasteiger partial charge is 0.444 e. The first-order valence-corrected chi connectivity index (χ1v) is 8.48. The molecule has 1 saturated heterocycles. The number of carbonyl (C=O) groups excluding carboxylic acids is 2. The summed E-state index contributed by atoms with van der Waals surface area (Å²) >= 11 is 0. The van der Waals surface area contributed by atoms with Crippen LogP contribution in [-0.4, -0.2) is 79.2 Å². The lowest BCUT2D eigenvalue weighted by Crippen LogP contribution is -2.53. The summed E-state index contributed by atoms with van der Waals surface area (Å²) in [6, 6.07) is 0. The lowest BCUT2D eigenvalue weighted by Gasteiger charge is -2.36. The van der Waals surface area contributed by atoms with Crippen LogP contribution in [0.4, 0.5) is 4.79 Å². The van der Waals surface area contributed by atoms with Gasteiger partial charge in [0.2, 0.25) is 5.91 Å². The number of amides is 2. The highest BCUT2D eigenvalue weighted by Gasteiger charge is 2.20. The molecule has 0 spiro atoms. The number of rotatable bonds is 4. The molecule has 1 heterocycles. The van der Waals surface area contributed by atoms with Gasteiger partial charge in [0.1, 0.15) is 5.60 Å². The topological polar surface area (TPSA) is 86.3 Å². The average molecular weight is 341 g/mol. The number of guanidine groups is 1. The molecule has 8 heteroatoms. The lowest BCUT2D eigenvalue weighted by atomic mass is 10.2. The van der Waals surface area contributed by atoms with Gasteiger partial charge in [0.15, 0.2) is 5.96 Å². The molecule has 0 aromatic rings. The van der Waals surface area contributed by atoms with Crippen molar-refractivity contribution in [1.82, 2.24) is 20.4 Å². The summed E-state index contributed by atoms with van der Waals surface area (Å²) in [6.45, 7) is 13.7. The Morgan fingerprint density at radius 1 is 1.08 bits per heavy atom. The zero-order valence-corrected chi connectivity index (χ0v) is 15.5. The summed E-state index contributed by atoms with van der Waals surface area (Å²) in [7, 11) is 0. The fraction of sp³-hybridized carbons (Fsp3) is 0.812. The Kier molecular flexibility index (Phi) is 7.81. The minimum Gasteiger partial charge on any atom is -0.444 e. The van der Waals surface area contributed by atoms with E-state index in [2.05, 4.69) is 20.5 Å². The molecule has 0 bridgehead atoms. The third kappa shape index (κ3) is 7.52. The summed E-state index contributed by atoms with van der Waals surface area (Å²) < 4.78 is 5.18. The van der Waals surface area contributed by atoms with Gasteiger partial charge in [0, 0.05) is 46.2 Å². The van der Waals surface area contributed by atoms with Crippen molar-refractivity contribution in [3.8, 4) is 0 Å². The molecule has 0 atom stereocenters. The normalized spacial score (nSPS) is 16.0. The van der Waals surface area contributed by atoms with E-state index in [9.17, 15) is 9.59 Å². The van der Waals surface area contributed by atoms with Crippen molar-refractivity contribution in [3.05, 3.63) is 0 Å². The Labute approximate surface area is 144 Å². The van der Waals surface area contributed by atoms with Crippen LogP contribution in [0.2, 0.25) is 0 Å². The van der Waals surface area contributed by atoms with Crippen LogP contribution in [0.25, 0.3) is 0 Å². The second-order valence-corrected chi connectivity index (χ2v) is 6.66. The Bertz CT molecular complexity index is 451. The van der Waals surface area contributed by atoms with Gasteiger partial charge in [-0.3, -0.25) is 9.79 Å². The first-order valence-electron chi connectivity index (χ1n) is 8.48. The predicted molar refractivity (Wildman–Crippen MR) is 94.0 cm³/mol. The van der Waals surface area contributed by atoms with Crippen molar-refractivity contribution in [2.45, 2.75) is 40.2 Å². The maximum atomic E-state index is 11.6. The van der Waals surface area contributed by atoms with Crippen LogP contribution in [0.3, 0.4) is 0 Å². The van der Waals surface area contributed by atoms with Gasteiger partial charge in [-0.1, -0.05) is 0 Å². The van der Waals surface area contributed by atoms with E-state index in [1.54, 1.807) is 6.92 Å². The zero-order chi connectivity index (χ0) is 18.2. The predicted octanol–water partition coefficient (Wildman–Crippen LogP) is 0.641. The van der Waals surface area contributed by atoms with E-state index >= 15 is 0 Å². The number of nitrogens with zero attached hydrogens (tertiary/aromatic N) is 3. The van der Waals surface area contributed by atoms with Crippen molar-refractivity contribution in [1.29, 1.82) is 0 Å². The third-order valence-electron chi connectivity index (χ3n) is 3.40. The van der Waals surface area contributed by atoms with E-state index in [4.69, 9.17) is 4.74 Å². The van der Waals surface area contributed by atoms with Crippen molar-refractivity contribution in [2.75, 3.05) is 45.8 Å². The van der Waals surface area contributed by atoms with Gasteiger partial charge < -0.3 is 25.2 Å². The standard InChI is InChI=1S/C16H31N5O3/c1-6-17-14(21-11-9-20(10-12-21)13(2)22)18-7-8-19-15(23)24-16(3,4)5/h6-12H2,1-5H3,(H,17,18)(H,19,23). The van der Waals surface area contributed by atoms with E-state index in [0.717, 1.165) is 25.6 Å². The molecule has 0 aromatic heterocycles. The summed E-state index contributed by atoms with van der Waals surface area (Å²) in [5.41, 5.74) is -0.501. The van der Waals surface area contributed by atoms with Gasteiger partial charge in [-0.05, 0) is 27.7 Å². The first-order chi connectivity index (χ1) is 11.2. The van der Waals surface area contributed by atoms with Crippen molar-refractivity contribution < 1.29 is 14.3 Å². The van der Waals surface area contributed by atoms with E-state index in [0.29, 0.717) is 26.2 Å².